The number of benzene rings is 1. The fourth-order valence-corrected chi connectivity index (χ4v) is 4.13. The van der Waals surface area contributed by atoms with Crippen LogP contribution in [0, 0.1) is 0 Å². The van der Waals surface area contributed by atoms with Crippen molar-refractivity contribution < 1.29 is 19.3 Å². The number of allylic oxidation sites excluding steroid dienone is 4. The molecular weight excluding hydrogens is 375 g/mol. The van der Waals surface area contributed by atoms with E-state index < -0.39 is 24.1 Å². The van der Waals surface area contributed by atoms with Crippen LogP contribution in [0.25, 0.3) is 10.1 Å². The van der Waals surface area contributed by atoms with Gasteiger partial charge in [0.25, 0.3) is 0 Å². The van der Waals surface area contributed by atoms with Gasteiger partial charge in [0.1, 0.15) is 24.1 Å². The van der Waals surface area contributed by atoms with Gasteiger partial charge in [-0.15, -0.1) is 11.3 Å². The van der Waals surface area contributed by atoms with Crippen LogP contribution < -0.4 is 0 Å². The van der Waals surface area contributed by atoms with Crippen molar-refractivity contribution in [2.24, 2.45) is 0 Å². The summed E-state index contributed by atoms with van der Waals surface area (Å²) in [6.45, 7) is 11.1. The Kier molecular flexibility index (Phi) is 6.42. The molecule has 0 spiro atoms. The van der Waals surface area contributed by atoms with Crippen LogP contribution >= 0.6 is 11.3 Å². The van der Waals surface area contributed by atoms with Crippen LogP contribution in [0.5, 0.6) is 0 Å². The minimum atomic E-state index is -0.961. The van der Waals surface area contributed by atoms with Crippen molar-refractivity contribution in [2.75, 3.05) is 6.61 Å². The van der Waals surface area contributed by atoms with Crippen molar-refractivity contribution >= 4 is 21.4 Å². The lowest BCUT2D eigenvalue weighted by atomic mass is 9.92. The summed E-state index contributed by atoms with van der Waals surface area (Å²) in [4.78, 5) is 1.05. The molecule has 0 aliphatic carbocycles. The molecule has 146 valence electrons. The summed E-state index contributed by atoms with van der Waals surface area (Å²) < 4.78 is 21.2. The monoisotopic (exact) mass is 398 g/mol. The summed E-state index contributed by atoms with van der Waals surface area (Å²) in [7, 11) is 0. The van der Waals surface area contributed by atoms with Gasteiger partial charge in [0.05, 0.1) is 6.61 Å². The molecule has 2 N–H and O–H groups in total. The third kappa shape index (κ3) is 4.39. The third-order valence-corrected chi connectivity index (χ3v) is 5.80. The summed E-state index contributed by atoms with van der Waals surface area (Å²) in [5, 5.41) is 20.6. The van der Waals surface area contributed by atoms with Crippen molar-refractivity contribution in [3.63, 3.8) is 0 Å². The fourth-order valence-electron chi connectivity index (χ4n) is 3.03. The van der Waals surface area contributed by atoms with Crippen molar-refractivity contribution in [3.8, 4) is 0 Å². The van der Waals surface area contributed by atoms with E-state index in [-0.39, 0.29) is 6.61 Å². The average molecular weight is 398 g/mol. The zero-order valence-electron chi connectivity index (χ0n) is 15.5. The highest BCUT2D eigenvalue weighted by Crippen LogP contribution is 2.29. The highest BCUT2D eigenvalue weighted by atomic mass is 32.1. The second-order valence-corrected chi connectivity index (χ2v) is 7.88. The number of halogens is 1. The molecule has 3 rings (SSSR count). The lowest BCUT2D eigenvalue weighted by Crippen LogP contribution is -2.40. The van der Waals surface area contributed by atoms with Crippen LogP contribution in [-0.4, -0.2) is 35.1 Å². The lowest BCUT2D eigenvalue weighted by molar-refractivity contribution is -0.0213. The predicted molar refractivity (Wildman–Crippen MR) is 113 cm³/mol. The first-order valence-electron chi connectivity index (χ1n) is 8.92. The van der Waals surface area contributed by atoms with Gasteiger partial charge >= 0.3 is 0 Å². The van der Waals surface area contributed by atoms with Crippen molar-refractivity contribution in [3.05, 3.63) is 95.7 Å². The van der Waals surface area contributed by atoms with Crippen LogP contribution in [0.4, 0.5) is 4.39 Å². The summed E-state index contributed by atoms with van der Waals surface area (Å²) >= 11 is 1.63. The van der Waals surface area contributed by atoms with Gasteiger partial charge in [0.15, 0.2) is 0 Å². The number of hydrogen-bond donors (Lipinski definition) is 2. The fraction of sp³-hybridized carbons (Fsp3) is 0.217. The van der Waals surface area contributed by atoms with Crippen molar-refractivity contribution in [1.82, 2.24) is 0 Å². The maximum atomic E-state index is 14.4. The highest BCUT2D eigenvalue weighted by molar-refractivity contribution is 7.19. The van der Waals surface area contributed by atoms with Crippen molar-refractivity contribution in [1.29, 1.82) is 0 Å². The SMILES string of the molecule is C=C(Cc1cc2ccccc2s1)/C(F)=C\C=C\[C@@H]1O[C@H](CO)C(=C)[C@H](O)C1=C. The largest absolute Gasteiger partial charge is 0.393 e. The van der Waals surface area contributed by atoms with Crippen LogP contribution in [0.2, 0.25) is 0 Å². The second-order valence-electron chi connectivity index (χ2n) is 6.71. The number of aliphatic hydroxyl groups excluding tert-OH is 2. The molecule has 0 radical (unpaired) electrons. The standard InChI is InChI=1S/C23H23FO3S/c1-14(11-18-12-17-7-4-5-10-22(17)28-18)19(24)8-6-9-20-15(2)23(26)16(3)21(13-25)27-20/h4-10,12,20-21,23,25-26H,1-3,11,13H2/b9-6+,19-8+/t20-,21+,23+/m0/s1. The van der Waals surface area contributed by atoms with E-state index in [1.807, 2.05) is 24.3 Å². The molecule has 1 aliphatic heterocycles. The topological polar surface area (TPSA) is 49.7 Å². The molecule has 0 bridgehead atoms. The summed E-state index contributed by atoms with van der Waals surface area (Å²) in [6, 6.07) is 10.1. The molecule has 5 heteroatoms. The van der Waals surface area contributed by atoms with Crippen LogP contribution in [0.1, 0.15) is 4.88 Å². The normalized spacial score (nSPS) is 23.7. The molecule has 2 heterocycles. The smallest absolute Gasteiger partial charge is 0.126 e. The predicted octanol–water partition coefficient (Wildman–Crippen LogP) is 4.64. The van der Waals surface area contributed by atoms with Gasteiger partial charge < -0.3 is 14.9 Å². The number of ether oxygens (including phenoxy) is 1. The molecule has 1 fully saturated rings. The maximum Gasteiger partial charge on any atom is 0.126 e. The number of aliphatic hydroxyl groups is 2. The molecule has 3 nitrogen and oxygen atoms in total. The lowest BCUT2D eigenvalue weighted by Gasteiger charge is -2.34. The Balaban J connectivity index is 1.64. The Morgan fingerprint density at radius 2 is 2.00 bits per heavy atom. The Bertz CT molecular complexity index is 936. The van der Waals surface area contributed by atoms with Crippen LogP contribution in [0.3, 0.4) is 0 Å². The first-order chi connectivity index (χ1) is 13.4. The van der Waals surface area contributed by atoms with E-state index in [0.29, 0.717) is 23.1 Å². The summed E-state index contributed by atoms with van der Waals surface area (Å²) in [6.07, 6.45) is 2.59. The van der Waals surface area contributed by atoms with Gasteiger partial charge in [0.2, 0.25) is 0 Å². The van der Waals surface area contributed by atoms with E-state index >= 15 is 0 Å². The molecule has 1 saturated heterocycles. The highest BCUT2D eigenvalue weighted by Gasteiger charge is 2.33. The van der Waals surface area contributed by atoms with Gasteiger partial charge in [-0.25, -0.2) is 4.39 Å². The van der Waals surface area contributed by atoms with Gasteiger partial charge in [-0.3, -0.25) is 0 Å². The number of hydrogen-bond acceptors (Lipinski definition) is 4. The summed E-state index contributed by atoms with van der Waals surface area (Å²) in [5.41, 5.74) is 1.17. The quantitative estimate of drug-likeness (QED) is 0.550. The number of fused-ring (bicyclic) bond motifs is 1. The van der Waals surface area contributed by atoms with Crippen molar-refractivity contribution in [2.45, 2.75) is 24.7 Å². The second kappa shape index (κ2) is 8.80. The van der Waals surface area contributed by atoms with Crippen LogP contribution in [-0.2, 0) is 11.2 Å². The van der Waals surface area contributed by atoms with E-state index in [9.17, 15) is 14.6 Å². The van der Waals surface area contributed by atoms with E-state index in [0.717, 1.165) is 10.3 Å². The van der Waals surface area contributed by atoms with E-state index in [1.54, 1.807) is 17.4 Å². The molecule has 0 saturated carbocycles. The van der Waals surface area contributed by atoms with E-state index in [1.165, 1.54) is 16.9 Å². The van der Waals surface area contributed by atoms with E-state index in [2.05, 4.69) is 25.8 Å². The maximum absolute atomic E-state index is 14.4. The molecule has 1 aliphatic rings. The molecule has 2 aromatic rings. The molecule has 0 amide bonds. The third-order valence-electron chi connectivity index (χ3n) is 4.69. The van der Waals surface area contributed by atoms with Crippen LogP contribution in [0.15, 0.2) is 90.8 Å². The molecule has 3 atom stereocenters. The Morgan fingerprint density at radius 3 is 2.71 bits per heavy atom. The molecule has 28 heavy (non-hydrogen) atoms. The average Bonchev–Trinajstić information content (AvgIpc) is 3.10. The Morgan fingerprint density at radius 1 is 1.25 bits per heavy atom. The minimum absolute atomic E-state index is 0.288. The van der Waals surface area contributed by atoms with Gasteiger partial charge in [-0.05, 0) is 40.3 Å². The Labute approximate surface area is 168 Å². The molecule has 0 unspecified atom stereocenters. The number of thiophene rings is 1. The molecule has 1 aromatic heterocycles. The number of rotatable bonds is 6. The zero-order valence-corrected chi connectivity index (χ0v) is 16.3. The minimum Gasteiger partial charge on any atom is -0.393 e. The van der Waals surface area contributed by atoms with Gasteiger partial charge in [-0.2, -0.15) is 0 Å². The van der Waals surface area contributed by atoms with Gasteiger partial charge in [-0.1, -0.05) is 50.1 Å². The molecular formula is C23H23FO3S. The zero-order chi connectivity index (χ0) is 20.3. The Hall–Kier alpha value is -2.31. The summed E-state index contributed by atoms with van der Waals surface area (Å²) in [5.74, 6) is -0.418. The molecule has 1 aromatic carbocycles. The van der Waals surface area contributed by atoms with E-state index in [4.69, 9.17) is 4.74 Å². The first kappa shape index (κ1) is 20.4. The first-order valence-corrected chi connectivity index (χ1v) is 9.73. The van der Waals surface area contributed by atoms with Gasteiger partial charge in [0, 0.05) is 16.0 Å².